The van der Waals surface area contributed by atoms with Crippen molar-refractivity contribution in [2.75, 3.05) is 13.2 Å². The molecule has 2 aliphatic rings. The normalized spacial score (nSPS) is 24.1. The molecular formula is C14H24N2O4. The molecule has 1 aliphatic heterocycles. The van der Waals surface area contributed by atoms with E-state index >= 15 is 0 Å². The van der Waals surface area contributed by atoms with Crippen molar-refractivity contribution in [3.8, 4) is 0 Å². The Morgan fingerprint density at radius 3 is 2.25 bits per heavy atom. The zero-order chi connectivity index (χ0) is 14.6. The Bertz CT molecular complexity index is 371. The molecule has 6 nitrogen and oxygen atoms in total. The highest BCUT2D eigenvalue weighted by atomic mass is 16.5. The van der Waals surface area contributed by atoms with Crippen LogP contribution >= 0.6 is 0 Å². The van der Waals surface area contributed by atoms with E-state index in [1.807, 2.05) is 6.92 Å². The second-order valence-corrected chi connectivity index (χ2v) is 6.31. The second-order valence-electron chi connectivity index (χ2n) is 6.31. The lowest BCUT2D eigenvalue weighted by Crippen LogP contribution is -2.58. The zero-order valence-electron chi connectivity index (χ0n) is 12.0. The molecule has 1 saturated heterocycles. The Kier molecular flexibility index (Phi) is 4.52. The van der Waals surface area contributed by atoms with Gasteiger partial charge in [0.05, 0.1) is 12.0 Å². The summed E-state index contributed by atoms with van der Waals surface area (Å²) in [6.07, 6.45) is 5.00. The zero-order valence-corrected chi connectivity index (χ0v) is 12.0. The van der Waals surface area contributed by atoms with Crippen LogP contribution in [-0.2, 0) is 9.53 Å². The van der Waals surface area contributed by atoms with E-state index in [1.165, 1.54) is 0 Å². The lowest BCUT2D eigenvalue weighted by Gasteiger charge is -2.36. The maximum atomic E-state index is 12.2. The number of rotatable bonds is 4. The van der Waals surface area contributed by atoms with Crippen LogP contribution in [0.5, 0.6) is 0 Å². The summed E-state index contributed by atoms with van der Waals surface area (Å²) in [5.74, 6) is -0.857. The van der Waals surface area contributed by atoms with Gasteiger partial charge in [0.15, 0.2) is 0 Å². The molecule has 0 aromatic carbocycles. The first-order valence-electron chi connectivity index (χ1n) is 7.33. The molecule has 1 heterocycles. The van der Waals surface area contributed by atoms with E-state index in [1.54, 1.807) is 0 Å². The number of hydrogen-bond acceptors (Lipinski definition) is 3. The molecule has 1 saturated carbocycles. The van der Waals surface area contributed by atoms with Gasteiger partial charge in [0, 0.05) is 18.8 Å². The van der Waals surface area contributed by atoms with Crippen LogP contribution in [0, 0.1) is 0 Å². The van der Waals surface area contributed by atoms with E-state index < -0.39 is 11.5 Å². The van der Waals surface area contributed by atoms with Crippen molar-refractivity contribution in [1.82, 2.24) is 10.6 Å². The van der Waals surface area contributed by atoms with E-state index in [4.69, 9.17) is 9.84 Å². The molecule has 114 valence electrons. The number of carbonyl (C=O) groups excluding carboxylic acids is 1. The van der Waals surface area contributed by atoms with Gasteiger partial charge < -0.3 is 20.5 Å². The van der Waals surface area contributed by atoms with Gasteiger partial charge in [-0.05, 0) is 32.6 Å². The third kappa shape index (κ3) is 3.85. The van der Waals surface area contributed by atoms with E-state index in [9.17, 15) is 9.59 Å². The predicted molar refractivity (Wildman–Crippen MR) is 73.6 cm³/mol. The Morgan fingerprint density at radius 1 is 1.10 bits per heavy atom. The Hall–Kier alpha value is -1.30. The minimum absolute atomic E-state index is 0.000243. The maximum absolute atomic E-state index is 12.2. The van der Waals surface area contributed by atoms with Crippen molar-refractivity contribution >= 4 is 12.0 Å². The molecule has 0 unspecified atom stereocenters. The molecular weight excluding hydrogens is 260 g/mol. The van der Waals surface area contributed by atoms with E-state index in [0.717, 1.165) is 38.5 Å². The van der Waals surface area contributed by atoms with E-state index in [2.05, 4.69) is 10.6 Å². The third-order valence-electron chi connectivity index (χ3n) is 4.44. The lowest BCUT2D eigenvalue weighted by atomic mass is 9.91. The number of aliphatic carboxylic acids is 1. The van der Waals surface area contributed by atoms with E-state index in [-0.39, 0.29) is 18.0 Å². The Balaban J connectivity index is 1.93. The lowest BCUT2D eigenvalue weighted by molar-refractivity contribution is -0.138. The summed E-state index contributed by atoms with van der Waals surface area (Å²) in [5.41, 5.74) is -0.831. The molecule has 0 atom stereocenters. The Morgan fingerprint density at radius 2 is 1.70 bits per heavy atom. The number of carboxylic acids is 1. The number of hydrogen-bond donors (Lipinski definition) is 3. The first-order valence-corrected chi connectivity index (χ1v) is 7.33. The largest absolute Gasteiger partial charge is 0.481 e. The Labute approximate surface area is 119 Å². The highest BCUT2D eigenvalue weighted by Crippen LogP contribution is 2.32. The predicted octanol–water partition coefficient (Wildman–Crippen LogP) is 1.64. The quantitative estimate of drug-likeness (QED) is 0.732. The topological polar surface area (TPSA) is 87.7 Å². The molecule has 1 aliphatic carbocycles. The molecule has 0 bridgehead atoms. The van der Waals surface area contributed by atoms with Crippen molar-refractivity contribution < 1.29 is 19.4 Å². The standard InChI is InChI=1S/C14H24N2O4/c1-13(6-8-20-9-7-13)15-12(19)16-14(10-11(17)18)4-2-3-5-14/h2-10H2,1H3,(H,17,18)(H2,15,16,19). The molecule has 0 radical (unpaired) electrons. The molecule has 2 amide bonds. The fourth-order valence-electron chi connectivity index (χ4n) is 3.18. The summed E-state index contributed by atoms with van der Waals surface area (Å²) in [6.45, 7) is 3.31. The minimum Gasteiger partial charge on any atom is -0.481 e. The average Bonchev–Trinajstić information content (AvgIpc) is 2.76. The van der Waals surface area contributed by atoms with Crippen LogP contribution in [0.15, 0.2) is 0 Å². The highest BCUT2D eigenvalue weighted by molar-refractivity contribution is 5.77. The first-order chi connectivity index (χ1) is 9.43. The van der Waals surface area contributed by atoms with Crippen LogP contribution in [0.1, 0.15) is 51.9 Å². The number of ether oxygens (including phenoxy) is 1. The molecule has 0 spiro atoms. The van der Waals surface area contributed by atoms with Gasteiger partial charge in [-0.15, -0.1) is 0 Å². The summed E-state index contributed by atoms with van der Waals surface area (Å²) < 4.78 is 5.30. The summed E-state index contributed by atoms with van der Waals surface area (Å²) in [5, 5.41) is 15.0. The molecule has 20 heavy (non-hydrogen) atoms. The number of amides is 2. The van der Waals surface area contributed by atoms with Gasteiger partial charge in [-0.2, -0.15) is 0 Å². The van der Waals surface area contributed by atoms with Crippen LogP contribution in [-0.4, -0.2) is 41.4 Å². The smallest absolute Gasteiger partial charge is 0.315 e. The summed E-state index contributed by atoms with van der Waals surface area (Å²) in [4.78, 5) is 23.2. The van der Waals surface area contributed by atoms with Crippen molar-refractivity contribution in [2.45, 2.75) is 62.9 Å². The van der Waals surface area contributed by atoms with Crippen molar-refractivity contribution in [3.05, 3.63) is 0 Å². The van der Waals surface area contributed by atoms with Crippen LogP contribution in [0.3, 0.4) is 0 Å². The molecule has 6 heteroatoms. The number of carboxylic acid groups (broad SMARTS) is 1. The van der Waals surface area contributed by atoms with Crippen molar-refractivity contribution in [2.24, 2.45) is 0 Å². The summed E-state index contributed by atoms with van der Waals surface area (Å²) in [7, 11) is 0. The van der Waals surface area contributed by atoms with Crippen molar-refractivity contribution in [3.63, 3.8) is 0 Å². The molecule has 0 aromatic rings. The number of nitrogens with one attached hydrogen (secondary N) is 2. The number of carbonyl (C=O) groups is 2. The summed E-state index contributed by atoms with van der Waals surface area (Å²) in [6, 6.07) is -0.252. The fraction of sp³-hybridized carbons (Fsp3) is 0.857. The highest BCUT2D eigenvalue weighted by Gasteiger charge is 2.39. The minimum atomic E-state index is -0.857. The van der Waals surface area contributed by atoms with Crippen LogP contribution in [0.4, 0.5) is 4.79 Å². The SMILES string of the molecule is CC1(NC(=O)NC2(CC(=O)O)CCCC2)CCOCC1. The van der Waals surface area contributed by atoms with Crippen LogP contribution in [0.2, 0.25) is 0 Å². The van der Waals surface area contributed by atoms with Gasteiger partial charge in [-0.3, -0.25) is 4.79 Å². The molecule has 0 aromatic heterocycles. The summed E-state index contributed by atoms with van der Waals surface area (Å²) >= 11 is 0. The third-order valence-corrected chi connectivity index (χ3v) is 4.44. The first kappa shape index (κ1) is 15.1. The van der Waals surface area contributed by atoms with Gasteiger partial charge in [0.2, 0.25) is 0 Å². The monoisotopic (exact) mass is 284 g/mol. The van der Waals surface area contributed by atoms with Gasteiger partial charge >= 0.3 is 12.0 Å². The van der Waals surface area contributed by atoms with Gasteiger partial charge in [0.25, 0.3) is 0 Å². The van der Waals surface area contributed by atoms with E-state index in [0.29, 0.717) is 13.2 Å². The van der Waals surface area contributed by atoms with Crippen LogP contribution in [0.25, 0.3) is 0 Å². The molecule has 3 N–H and O–H groups in total. The van der Waals surface area contributed by atoms with Crippen molar-refractivity contribution in [1.29, 1.82) is 0 Å². The second kappa shape index (κ2) is 5.99. The maximum Gasteiger partial charge on any atom is 0.315 e. The van der Waals surface area contributed by atoms with Crippen LogP contribution < -0.4 is 10.6 Å². The number of urea groups is 1. The van der Waals surface area contributed by atoms with Gasteiger partial charge in [-0.25, -0.2) is 4.79 Å². The van der Waals surface area contributed by atoms with Gasteiger partial charge in [0.1, 0.15) is 0 Å². The molecule has 2 fully saturated rings. The molecule has 2 rings (SSSR count). The average molecular weight is 284 g/mol. The fourth-order valence-corrected chi connectivity index (χ4v) is 3.18. The van der Waals surface area contributed by atoms with Gasteiger partial charge in [-0.1, -0.05) is 12.8 Å².